The van der Waals surface area contributed by atoms with Gasteiger partial charge in [0.15, 0.2) is 5.96 Å². The second kappa shape index (κ2) is 7.08. The number of rotatable bonds is 3. The monoisotopic (exact) mass is 334 g/mol. The molecular weight excluding hydrogens is 316 g/mol. The van der Waals surface area contributed by atoms with Gasteiger partial charge in [0.2, 0.25) is 10.0 Å². The van der Waals surface area contributed by atoms with Gasteiger partial charge in [0.05, 0.1) is 18.1 Å². The van der Waals surface area contributed by atoms with E-state index in [9.17, 15) is 8.42 Å². The van der Waals surface area contributed by atoms with E-state index in [1.165, 1.54) is 10.4 Å². The molecule has 0 atom stereocenters. The van der Waals surface area contributed by atoms with Crippen LogP contribution in [0.15, 0.2) is 23.1 Å². The van der Waals surface area contributed by atoms with E-state index < -0.39 is 10.0 Å². The lowest BCUT2D eigenvalue weighted by Gasteiger charge is -2.26. The van der Waals surface area contributed by atoms with Crippen LogP contribution in [0.3, 0.4) is 0 Å². The fourth-order valence-electron chi connectivity index (χ4n) is 2.04. The molecule has 0 aliphatic carbocycles. The number of hydrogen-bond donors (Lipinski definition) is 3. The van der Waals surface area contributed by atoms with Gasteiger partial charge in [-0.1, -0.05) is 6.07 Å². The summed E-state index contributed by atoms with van der Waals surface area (Å²) >= 11 is 0. The van der Waals surface area contributed by atoms with Crippen LogP contribution in [0.5, 0.6) is 0 Å². The Bertz CT molecular complexity index is 615. The predicted octanol–water partition coefficient (Wildman–Crippen LogP) is 0.743. The van der Waals surface area contributed by atoms with Crippen LogP contribution in [0, 0.1) is 12.3 Å². The molecule has 21 heavy (non-hydrogen) atoms. The molecule has 118 valence electrons. The highest BCUT2D eigenvalue weighted by atomic mass is 35.5. The number of halogens is 1. The molecule has 1 aliphatic rings. The van der Waals surface area contributed by atoms with Crippen LogP contribution in [-0.4, -0.2) is 45.0 Å². The van der Waals surface area contributed by atoms with E-state index >= 15 is 0 Å². The number of hydrogen-bond acceptors (Lipinski definition) is 4. The SMILES string of the molecule is Cc1ccc(NC(=N)N)cc1S(=O)(=O)N1CCOCC1.Cl. The predicted molar refractivity (Wildman–Crippen MR) is 83.5 cm³/mol. The van der Waals surface area contributed by atoms with Gasteiger partial charge in [-0.05, 0) is 24.6 Å². The minimum atomic E-state index is -3.55. The number of nitrogens with zero attached hydrogens (tertiary/aromatic N) is 1. The molecule has 0 bridgehead atoms. The van der Waals surface area contributed by atoms with Gasteiger partial charge >= 0.3 is 0 Å². The van der Waals surface area contributed by atoms with Crippen molar-refractivity contribution in [2.45, 2.75) is 11.8 Å². The summed E-state index contributed by atoms with van der Waals surface area (Å²) in [5.74, 6) is -0.233. The Morgan fingerprint density at radius 1 is 1.38 bits per heavy atom. The summed E-state index contributed by atoms with van der Waals surface area (Å²) in [4.78, 5) is 0.227. The lowest BCUT2D eigenvalue weighted by atomic mass is 10.2. The zero-order valence-corrected chi connectivity index (χ0v) is 13.3. The lowest BCUT2D eigenvalue weighted by Crippen LogP contribution is -2.40. The van der Waals surface area contributed by atoms with Gasteiger partial charge in [-0.2, -0.15) is 4.31 Å². The number of anilines is 1. The van der Waals surface area contributed by atoms with Crippen molar-refractivity contribution in [1.29, 1.82) is 5.41 Å². The van der Waals surface area contributed by atoms with Crippen molar-refractivity contribution in [3.63, 3.8) is 0 Å². The Hall–Kier alpha value is -1.35. The Kier molecular flexibility index (Phi) is 5.97. The van der Waals surface area contributed by atoms with Gasteiger partial charge in [-0.15, -0.1) is 12.4 Å². The lowest BCUT2D eigenvalue weighted by molar-refractivity contribution is 0.0730. The van der Waals surface area contributed by atoms with Crippen LogP contribution < -0.4 is 11.1 Å². The average Bonchev–Trinajstić information content (AvgIpc) is 2.41. The third kappa shape index (κ3) is 4.07. The first-order valence-electron chi connectivity index (χ1n) is 6.21. The van der Waals surface area contributed by atoms with Crippen molar-refractivity contribution in [2.75, 3.05) is 31.6 Å². The number of nitrogens with two attached hydrogens (primary N) is 1. The summed E-state index contributed by atoms with van der Waals surface area (Å²) in [6.45, 7) is 3.26. The van der Waals surface area contributed by atoms with Crippen LogP contribution >= 0.6 is 12.4 Å². The Balaban J connectivity index is 0.00000220. The maximum absolute atomic E-state index is 12.6. The highest BCUT2D eigenvalue weighted by molar-refractivity contribution is 7.89. The summed E-state index contributed by atoms with van der Waals surface area (Å²) in [6.07, 6.45) is 0. The minimum absolute atomic E-state index is 0. The zero-order valence-electron chi connectivity index (χ0n) is 11.6. The number of guanidine groups is 1. The first-order chi connectivity index (χ1) is 9.41. The maximum Gasteiger partial charge on any atom is 0.243 e. The second-order valence-corrected chi connectivity index (χ2v) is 6.44. The fourth-order valence-corrected chi connectivity index (χ4v) is 3.70. The third-order valence-electron chi connectivity index (χ3n) is 3.06. The molecule has 0 saturated carbocycles. The molecule has 0 radical (unpaired) electrons. The van der Waals surface area contributed by atoms with Crippen LogP contribution in [0.1, 0.15) is 5.56 Å². The van der Waals surface area contributed by atoms with Gasteiger partial charge in [-0.25, -0.2) is 8.42 Å². The van der Waals surface area contributed by atoms with E-state index in [1.807, 2.05) is 0 Å². The first kappa shape index (κ1) is 17.7. The van der Waals surface area contributed by atoms with Gasteiger partial charge in [0, 0.05) is 18.8 Å². The van der Waals surface area contributed by atoms with Crippen molar-refractivity contribution in [3.05, 3.63) is 23.8 Å². The fraction of sp³-hybridized carbons (Fsp3) is 0.417. The van der Waals surface area contributed by atoms with Crippen LogP contribution in [-0.2, 0) is 14.8 Å². The molecule has 9 heteroatoms. The number of benzene rings is 1. The van der Waals surface area contributed by atoms with Crippen molar-refractivity contribution in [3.8, 4) is 0 Å². The topological polar surface area (TPSA) is 109 Å². The molecule has 2 rings (SSSR count). The molecule has 1 saturated heterocycles. The molecule has 1 fully saturated rings. The van der Waals surface area contributed by atoms with Gasteiger partial charge < -0.3 is 15.8 Å². The minimum Gasteiger partial charge on any atom is -0.379 e. The largest absolute Gasteiger partial charge is 0.379 e. The molecule has 0 unspecified atom stereocenters. The van der Waals surface area contributed by atoms with E-state index in [4.69, 9.17) is 15.9 Å². The van der Waals surface area contributed by atoms with E-state index in [-0.39, 0.29) is 23.3 Å². The molecule has 7 nitrogen and oxygen atoms in total. The highest BCUT2D eigenvalue weighted by Gasteiger charge is 2.27. The second-order valence-electron chi connectivity index (χ2n) is 4.54. The van der Waals surface area contributed by atoms with Crippen molar-refractivity contribution in [1.82, 2.24) is 4.31 Å². The highest BCUT2D eigenvalue weighted by Crippen LogP contribution is 2.24. The Morgan fingerprint density at radius 2 is 2.00 bits per heavy atom. The summed E-state index contributed by atoms with van der Waals surface area (Å²) in [5.41, 5.74) is 6.40. The summed E-state index contributed by atoms with van der Waals surface area (Å²) in [5, 5.41) is 9.80. The summed E-state index contributed by atoms with van der Waals surface area (Å²) in [6, 6.07) is 4.88. The molecule has 1 heterocycles. The molecule has 1 aliphatic heterocycles. The molecule has 0 spiro atoms. The van der Waals surface area contributed by atoms with Crippen LogP contribution in [0.4, 0.5) is 5.69 Å². The summed E-state index contributed by atoms with van der Waals surface area (Å²) in [7, 11) is -3.55. The number of nitrogens with one attached hydrogen (secondary N) is 2. The Labute approximate surface area is 130 Å². The van der Waals surface area contributed by atoms with E-state index in [0.717, 1.165) is 0 Å². The number of aryl methyl sites for hydroxylation is 1. The molecule has 0 amide bonds. The third-order valence-corrected chi connectivity index (χ3v) is 5.10. The van der Waals surface area contributed by atoms with Crippen LogP contribution in [0.2, 0.25) is 0 Å². The van der Waals surface area contributed by atoms with Gasteiger partial charge in [-0.3, -0.25) is 5.41 Å². The standard InChI is InChI=1S/C12H18N4O3S.ClH/c1-9-2-3-10(15-12(13)14)8-11(9)20(17,18)16-4-6-19-7-5-16;/h2-3,8H,4-7H2,1H3,(H4,13,14,15);1H. The zero-order chi connectivity index (χ0) is 14.8. The van der Waals surface area contributed by atoms with Gasteiger partial charge in [0.25, 0.3) is 0 Å². The Morgan fingerprint density at radius 3 is 2.57 bits per heavy atom. The normalized spacial score (nSPS) is 16.0. The average molecular weight is 335 g/mol. The molecular formula is C12H19ClN4O3S. The van der Waals surface area contributed by atoms with Crippen molar-refractivity contribution >= 4 is 34.1 Å². The smallest absolute Gasteiger partial charge is 0.243 e. The van der Waals surface area contributed by atoms with E-state index in [1.54, 1.807) is 19.1 Å². The first-order valence-corrected chi connectivity index (χ1v) is 7.65. The number of sulfonamides is 1. The number of morpholine rings is 1. The quantitative estimate of drug-likeness (QED) is 0.558. The number of ether oxygens (including phenoxy) is 1. The molecule has 0 aromatic heterocycles. The molecule has 4 N–H and O–H groups in total. The molecule has 1 aromatic carbocycles. The van der Waals surface area contributed by atoms with E-state index in [2.05, 4.69) is 5.32 Å². The summed E-state index contributed by atoms with van der Waals surface area (Å²) < 4.78 is 31.8. The van der Waals surface area contributed by atoms with Crippen molar-refractivity contribution < 1.29 is 13.2 Å². The van der Waals surface area contributed by atoms with Crippen LogP contribution in [0.25, 0.3) is 0 Å². The molecule has 1 aromatic rings. The maximum atomic E-state index is 12.6. The van der Waals surface area contributed by atoms with E-state index in [0.29, 0.717) is 37.6 Å². The van der Waals surface area contributed by atoms with Crippen molar-refractivity contribution in [2.24, 2.45) is 5.73 Å². The van der Waals surface area contributed by atoms with Gasteiger partial charge in [0.1, 0.15) is 0 Å².